The minimum Gasteiger partial charge on any atom is -0.389 e. The van der Waals surface area contributed by atoms with Crippen LogP contribution in [0.3, 0.4) is 0 Å². The van der Waals surface area contributed by atoms with Crippen LogP contribution >= 0.6 is 0 Å². The van der Waals surface area contributed by atoms with Crippen LogP contribution < -0.4 is 4.74 Å². The number of amides is 1. The quantitative estimate of drug-likeness (QED) is 0.723. The van der Waals surface area contributed by atoms with Crippen molar-refractivity contribution >= 4 is 6.09 Å². The first-order valence-corrected chi connectivity index (χ1v) is 9.52. The number of halogens is 3. The lowest BCUT2D eigenvalue weighted by Gasteiger charge is -2.24. The van der Waals surface area contributed by atoms with Crippen LogP contribution in [0.5, 0.6) is 5.88 Å². The Kier molecular flexibility index (Phi) is 4.82. The van der Waals surface area contributed by atoms with Gasteiger partial charge in [-0.25, -0.2) is 9.78 Å². The Hall–Kier alpha value is -1.77. The van der Waals surface area contributed by atoms with E-state index in [9.17, 15) is 18.0 Å². The van der Waals surface area contributed by atoms with Gasteiger partial charge in [0.25, 0.3) is 0 Å². The second-order valence-corrected chi connectivity index (χ2v) is 8.21. The second kappa shape index (κ2) is 7.00. The Morgan fingerprint density at radius 2 is 2.00 bits per heavy atom. The van der Waals surface area contributed by atoms with E-state index in [4.69, 9.17) is 4.74 Å². The fourth-order valence-corrected chi connectivity index (χ4v) is 4.16. The van der Waals surface area contributed by atoms with Crippen molar-refractivity contribution in [2.75, 3.05) is 32.7 Å². The molecule has 6 nitrogen and oxygen atoms in total. The van der Waals surface area contributed by atoms with Crippen molar-refractivity contribution in [1.82, 2.24) is 19.4 Å². The smallest absolute Gasteiger partial charge is 0.389 e. The van der Waals surface area contributed by atoms with E-state index in [1.165, 1.54) is 0 Å². The number of hydrogen-bond donors (Lipinski definition) is 0. The number of rotatable bonds is 7. The fourth-order valence-electron chi connectivity index (χ4n) is 4.16. The van der Waals surface area contributed by atoms with Gasteiger partial charge in [-0.05, 0) is 36.5 Å². The predicted molar refractivity (Wildman–Crippen MR) is 91.1 cm³/mol. The van der Waals surface area contributed by atoms with E-state index in [2.05, 4.69) is 4.98 Å². The highest BCUT2D eigenvalue weighted by Crippen LogP contribution is 2.52. The Morgan fingerprint density at radius 3 is 2.56 bits per heavy atom. The van der Waals surface area contributed by atoms with Crippen LogP contribution in [-0.2, 0) is 7.05 Å². The Balaban J connectivity index is 1.27. The largest absolute Gasteiger partial charge is 0.416 e. The number of nitrogens with zero attached hydrogens (tertiary/aromatic N) is 4. The summed E-state index contributed by atoms with van der Waals surface area (Å²) in [4.78, 5) is 20.3. The molecule has 4 rings (SSSR count). The monoisotopic (exact) mass is 386 g/mol. The molecule has 0 aromatic carbocycles. The Morgan fingerprint density at radius 1 is 1.30 bits per heavy atom. The molecular formula is C18H25F3N4O2. The molecule has 3 aliphatic rings. The molecule has 150 valence electrons. The summed E-state index contributed by atoms with van der Waals surface area (Å²) in [5.41, 5.74) is 0. The van der Waals surface area contributed by atoms with Gasteiger partial charge in [0.05, 0.1) is 18.9 Å². The number of carbonyl (C=O) groups excluding carboxylic acids is 1. The molecule has 2 heterocycles. The molecule has 2 atom stereocenters. The highest BCUT2D eigenvalue weighted by Gasteiger charge is 2.56. The van der Waals surface area contributed by atoms with Crippen molar-refractivity contribution in [2.45, 2.75) is 25.4 Å². The summed E-state index contributed by atoms with van der Waals surface area (Å²) >= 11 is 0. The first-order valence-electron chi connectivity index (χ1n) is 9.52. The van der Waals surface area contributed by atoms with Gasteiger partial charge in [-0.3, -0.25) is 0 Å². The molecule has 1 aromatic heterocycles. The molecule has 0 N–H and O–H groups in total. The lowest BCUT2D eigenvalue weighted by molar-refractivity contribution is -0.137. The van der Waals surface area contributed by atoms with Gasteiger partial charge in [-0.2, -0.15) is 13.2 Å². The van der Waals surface area contributed by atoms with Crippen molar-refractivity contribution in [3.05, 3.63) is 12.5 Å². The van der Waals surface area contributed by atoms with E-state index in [0.717, 1.165) is 12.8 Å². The first kappa shape index (κ1) is 18.6. The van der Waals surface area contributed by atoms with Gasteiger partial charge in [0.15, 0.2) is 0 Å². The maximum Gasteiger partial charge on any atom is 0.416 e. The number of carbonyl (C=O) groups is 1. The summed E-state index contributed by atoms with van der Waals surface area (Å²) in [6.45, 7) is 2.82. The van der Waals surface area contributed by atoms with Crippen LogP contribution in [0.25, 0.3) is 0 Å². The van der Waals surface area contributed by atoms with Gasteiger partial charge in [0, 0.05) is 39.8 Å². The van der Waals surface area contributed by atoms with Crippen molar-refractivity contribution in [2.24, 2.45) is 30.7 Å². The summed E-state index contributed by atoms with van der Waals surface area (Å²) in [6.07, 6.45) is 0.280. The number of aromatic nitrogens is 2. The minimum absolute atomic E-state index is 0.0801. The Bertz CT molecular complexity index is 676. The Labute approximate surface area is 156 Å². The molecule has 2 unspecified atom stereocenters. The van der Waals surface area contributed by atoms with Crippen LogP contribution in [0.2, 0.25) is 0 Å². The third-order valence-electron chi connectivity index (χ3n) is 5.90. The van der Waals surface area contributed by atoms with E-state index in [-0.39, 0.29) is 18.5 Å². The van der Waals surface area contributed by atoms with E-state index < -0.39 is 12.6 Å². The number of alkyl halides is 3. The SMILES string of the molecule is Cn1cnc(OC(=O)N(CC2CC2)CC2C3CN(CCC(F)(F)F)CC32)c1. The van der Waals surface area contributed by atoms with Crippen molar-refractivity contribution < 1.29 is 22.7 Å². The van der Waals surface area contributed by atoms with Crippen molar-refractivity contribution in [3.63, 3.8) is 0 Å². The summed E-state index contributed by atoms with van der Waals surface area (Å²) in [6, 6.07) is 0. The second-order valence-electron chi connectivity index (χ2n) is 8.21. The number of aryl methyl sites for hydroxylation is 1. The van der Waals surface area contributed by atoms with Gasteiger partial charge >= 0.3 is 12.3 Å². The van der Waals surface area contributed by atoms with Crippen LogP contribution in [0, 0.1) is 23.7 Å². The van der Waals surface area contributed by atoms with E-state index in [1.54, 1.807) is 22.0 Å². The van der Waals surface area contributed by atoms with Gasteiger partial charge in [-0.15, -0.1) is 0 Å². The number of ether oxygens (including phenoxy) is 1. The number of likely N-dealkylation sites (tertiary alicyclic amines) is 1. The molecule has 1 amide bonds. The third-order valence-corrected chi connectivity index (χ3v) is 5.90. The summed E-state index contributed by atoms with van der Waals surface area (Å²) < 4.78 is 44.2. The van der Waals surface area contributed by atoms with Crippen LogP contribution in [-0.4, -0.2) is 64.3 Å². The van der Waals surface area contributed by atoms with Gasteiger partial charge in [0.2, 0.25) is 5.88 Å². The molecule has 2 aliphatic carbocycles. The average Bonchev–Trinajstić information content (AvgIpc) is 3.42. The lowest BCUT2D eigenvalue weighted by Crippen LogP contribution is -2.38. The molecule has 0 bridgehead atoms. The van der Waals surface area contributed by atoms with E-state index >= 15 is 0 Å². The third kappa shape index (κ3) is 4.75. The molecule has 9 heteroatoms. The molecule has 2 saturated carbocycles. The molecule has 1 aromatic rings. The summed E-state index contributed by atoms with van der Waals surface area (Å²) in [5, 5.41) is 0. The van der Waals surface area contributed by atoms with Crippen molar-refractivity contribution in [1.29, 1.82) is 0 Å². The fraction of sp³-hybridized carbons (Fsp3) is 0.778. The lowest BCUT2D eigenvalue weighted by atomic mass is 10.2. The zero-order chi connectivity index (χ0) is 19.2. The highest BCUT2D eigenvalue weighted by molar-refractivity contribution is 5.70. The minimum atomic E-state index is -4.09. The topological polar surface area (TPSA) is 50.6 Å². The molecule has 0 spiro atoms. The number of fused-ring (bicyclic) bond motifs is 1. The predicted octanol–water partition coefficient (Wildman–Crippen LogP) is 2.76. The van der Waals surface area contributed by atoms with Crippen molar-refractivity contribution in [3.8, 4) is 5.88 Å². The number of imidazole rings is 1. The maximum absolute atomic E-state index is 12.6. The van der Waals surface area contributed by atoms with Gasteiger partial charge in [0.1, 0.15) is 0 Å². The molecule has 27 heavy (non-hydrogen) atoms. The molecule has 1 saturated heterocycles. The number of hydrogen-bond acceptors (Lipinski definition) is 4. The zero-order valence-electron chi connectivity index (χ0n) is 15.4. The van der Waals surface area contributed by atoms with E-state index in [0.29, 0.717) is 49.9 Å². The van der Waals surface area contributed by atoms with E-state index in [1.807, 2.05) is 11.9 Å². The number of piperidine rings is 1. The normalized spacial score (nSPS) is 27.5. The average molecular weight is 386 g/mol. The standard InChI is InChI=1S/C18H25F3N4O2/c1-23-10-16(22-11-23)27-17(26)25(6-12-2-3-12)9-15-13-7-24(8-14(13)15)5-4-18(19,20)21/h10-15H,2-9H2,1H3. The zero-order valence-corrected chi connectivity index (χ0v) is 15.4. The summed E-state index contributed by atoms with van der Waals surface area (Å²) in [5.74, 6) is 2.02. The van der Waals surface area contributed by atoms with Crippen LogP contribution in [0.4, 0.5) is 18.0 Å². The first-order chi connectivity index (χ1) is 12.8. The van der Waals surface area contributed by atoms with Crippen LogP contribution in [0.15, 0.2) is 12.5 Å². The van der Waals surface area contributed by atoms with Crippen LogP contribution in [0.1, 0.15) is 19.3 Å². The molecular weight excluding hydrogens is 361 g/mol. The summed E-state index contributed by atoms with van der Waals surface area (Å²) in [7, 11) is 1.81. The van der Waals surface area contributed by atoms with Gasteiger partial charge in [-0.1, -0.05) is 0 Å². The van der Waals surface area contributed by atoms with Gasteiger partial charge < -0.3 is 19.1 Å². The molecule has 0 radical (unpaired) electrons. The maximum atomic E-state index is 12.6. The highest BCUT2D eigenvalue weighted by atomic mass is 19.4. The molecule has 3 fully saturated rings. The molecule has 1 aliphatic heterocycles.